The molecule has 7 heteroatoms. The van der Waals surface area contributed by atoms with Gasteiger partial charge in [0, 0.05) is 41.1 Å². The van der Waals surface area contributed by atoms with Gasteiger partial charge in [0.25, 0.3) is 5.91 Å². The summed E-state index contributed by atoms with van der Waals surface area (Å²) in [5.41, 5.74) is 4.45. The summed E-state index contributed by atoms with van der Waals surface area (Å²) in [5, 5.41) is 8.47. The number of aromatic nitrogens is 4. The molecule has 0 aliphatic heterocycles. The molecule has 1 amide bonds. The molecule has 0 aliphatic rings. The van der Waals surface area contributed by atoms with E-state index in [2.05, 4.69) is 15.4 Å². The number of amides is 1. The first-order chi connectivity index (χ1) is 14.4. The molecule has 0 aliphatic carbocycles. The van der Waals surface area contributed by atoms with E-state index < -0.39 is 0 Å². The van der Waals surface area contributed by atoms with Crippen LogP contribution in [0.2, 0.25) is 0 Å². The molecule has 4 aromatic rings. The third-order valence-electron chi connectivity index (χ3n) is 5.65. The summed E-state index contributed by atoms with van der Waals surface area (Å²) in [6.07, 6.45) is 3.52. The molecule has 0 radical (unpaired) electrons. The highest BCUT2D eigenvalue weighted by molar-refractivity contribution is 6.08. The summed E-state index contributed by atoms with van der Waals surface area (Å²) in [6.45, 7) is 5.90. The van der Waals surface area contributed by atoms with Crippen molar-refractivity contribution in [2.45, 2.75) is 26.8 Å². The molecule has 0 fully saturated rings. The maximum atomic E-state index is 13.3. The summed E-state index contributed by atoms with van der Waals surface area (Å²) in [5.74, 6) is 1.35. The second-order valence-corrected chi connectivity index (χ2v) is 7.38. The normalized spacial score (nSPS) is 12.2. The molecule has 154 valence electrons. The second-order valence-electron chi connectivity index (χ2n) is 7.38. The summed E-state index contributed by atoms with van der Waals surface area (Å²) >= 11 is 0. The van der Waals surface area contributed by atoms with Crippen molar-refractivity contribution in [3.8, 4) is 11.6 Å². The van der Waals surface area contributed by atoms with E-state index in [0.29, 0.717) is 5.56 Å². The third-order valence-corrected chi connectivity index (χ3v) is 5.65. The van der Waals surface area contributed by atoms with Gasteiger partial charge >= 0.3 is 0 Å². The molecule has 7 nitrogen and oxygen atoms in total. The number of hydrogen-bond donors (Lipinski definition) is 1. The minimum Gasteiger partial charge on any atom is -0.497 e. The van der Waals surface area contributed by atoms with Crippen LogP contribution in [0.15, 0.2) is 48.8 Å². The zero-order valence-electron chi connectivity index (χ0n) is 17.8. The first kappa shape index (κ1) is 19.7. The Morgan fingerprint density at radius 1 is 1.17 bits per heavy atom. The van der Waals surface area contributed by atoms with Gasteiger partial charge in [-0.3, -0.25) is 4.79 Å². The summed E-state index contributed by atoms with van der Waals surface area (Å²) in [7, 11) is 3.59. The van der Waals surface area contributed by atoms with Crippen molar-refractivity contribution in [1.82, 2.24) is 24.6 Å². The molecule has 1 aromatic carbocycles. The van der Waals surface area contributed by atoms with Crippen molar-refractivity contribution in [2.75, 3.05) is 7.11 Å². The number of benzene rings is 1. The second kappa shape index (κ2) is 7.67. The van der Waals surface area contributed by atoms with Gasteiger partial charge in [-0.1, -0.05) is 6.07 Å². The predicted molar refractivity (Wildman–Crippen MR) is 116 cm³/mol. The maximum absolute atomic E-state index is 13.3. The van der Waals surface area contributed by atoms with Gasteiger partial charge in [0.2, 0.25) is 0 Å². The van der Waals surface area contributed by atoms with Gasteiger partial charge < -0.3 is 14.6 Å². The van der Waals surface area contributed by atoms with Gasteiger partial charge in [-0.15, -0.1) is 0 Å². The lowest BCUT2D eigenvalue weighted by Gasteiger charge is -2.14. The van der Waals surface area contributed by atoms with Gasteiger partial charge in [-0.25, -0.2) is 9.67 Å². The fraction of sp³-hybridized carbons (Fsp3) is 0.261. The van der Waals surface area contributed by atoms with Gasteiger partial charge in [-0.2, -0.15) is 5.10 Å². The van der Waals surface area contributed by atoms with E-state index in [4.69, 9.17) is 4.74 Å². The molecule has 0 saturated heterocycles. The van der Waals surface area contributed by atoms with Gasteiger partial charge in [0.15, 0.2) is 5.82 Å². The lowest BCUT2D eigenvalue weighted by molar-refractivity contribution is 0.0940. The van der Waals surface area contributed by atoms with Crippen molar-refractivity contribution in [1.29, 1.82) is 0 Å². The van der Waals surface area contributed by atoms with Crippen LogP contribution in [-0.2, 0) is 7.05 Å². The van der Waals surface area contributed by atoms with E-state index in [1.165, 1.54) is 0 Å². The number of nitrogens with one attached hydrogen (secondary N) is 1. The molecule has 3 heterocycles. The lowest BCUT2D eigenvalue weighted by Crippen LogP contribution is -2.27. The van der Waals surface area contributed by atoms with E-state index in [1.54, 1.807) is 24.2 Å². The zero-order chi connectivity index (χ0) is 21.4. The van der Waals surface area contributed by atoms with Crippen LogP contribution in [-0.4, -0.2) is 32.3 Å². The standard InChI is InChI=1S/C23H25N5O2/c1-14(19-13-25-28(15(19)2)21-8-6-7-11-24-21)26-23(29)22-16(3)27(4)20-10-9-17(30-5)12-18(20)22/h6-14H,1-5H3,(H,26,29). The quantitative estimate of drug-likeness (QED) is 0.549. The first-order valence-corrected chi connectivity index (χ1v) is 9.82. The molecule has 0 saturated carbocycles. The number of fused-ring (bicyclic) bond motifs is 1. The van der Waals surface area contributed by atoms with Gasteiger partial charge in [-0.05, 0) is 51.1 Å². The number of methoxy groups -OCH3 is 1. The summed E-state index contributed by atoms with van der Waals surface area (Å²) < 4.78 is 9.17. The van der Waals surface area contributed by atoms with Crippen LogP contribution in [0.5, 0.6) is 5.75 Å². The topological polar surface area (TPSA) is 74.0 Å². The largest absolute Gasteiger partial charge is 0.497 e. The highest BCUT2D eigenvalue weighted by Crippen LogP contribution is 2.29. The molecule has 4 rings (SSSR count). The van der Waals surface area contributed by atoms with Gasteiger partial charge in [0.05, 0.1) is 24.9 Å². The van der Waals surface area contributed by atoms with Crippen molar-refractivity contribution >= 4 is 16.8 Å². The van der Waals surface area contributed by atoms with E-state index in [1.807, 2.05) is 68.8 Å². The average molecular weight is 403 g/mol. The fourth-order valence-electron chi connectivity index (χ4n) is 3.87. The molecule has 0 bridgehead atoms. The van der Waals surface area contributed by atoms with Gasteiger partial charge in [0.1, 0.15) is 5.75 Å². The third kappa shape index (κ3) is 3.22. The number of pyridine rings is 1. The Morgan fingerprint density at radius 2 is 1.97 bits per heavy atom. The van der Waals surface area contributed by atoms with Crippen LogP contribution < -0.4 is 10.1 Å². The Hall–Kier alpha value is -3.61. The zero-order valence-corrected chi connectivity index (χ0v) is 17.8. The van der Waals surface area contributed by atoms with Crippen molar-refractivity contribution in [3.63, 3.8) is 0 Å². The molecule has 1 atom stereocenters. The monoisotopic (exact) mass is 403 g/mol. The molecule has 1 N–H and O–H groups in total. The van der Waals surface area contributed by atoms with Crippen LogP contribution in [0.3, 0.4) is 0 Å². The molecular formula is C23H25N5O2. The number of ether oxygens (including phenoxy) is 1. The van der Waals surface area contributed by atoms with Crippen LogP contribution >= 0.6 is 0 Å². The maximum Gasteiger partial charge on any atom is 0.254 e. The number of carbonyl (C=O) groups is 1. The van der Waals surface area contributed by atoms with Crippen LogP contribution in [0.4, 0.5) is 0 Å². The van der Waals surface area contributed by atoms with E-state index in [0.717, 1.165) is 39.4 Å². The SMILES string of the molecule is COc1ccc2c(c1)c(C(=O)NC(C)c1cnn(-c3ccccn3)c1C)c(C)n2C. The van der Waals surface area contributed by atoms with Crippen LogP contribution in [0, 0.1) is 13.8 Å². The molecule has 0 spiro atoms. The Bertz CT molecular complexity index is 1220. The van der Waals surface area contributed by atoms with E-state index in [-0.39, 0.29) is 11.9 Å². The number of nitrogens with zero attached hydrogens (tertiary/aromatic N) is 4. The Morgan fingerprint density at radius 3 is 2.67 bits per heavy atom. The van der Waals surface area contributed by atoms with Crippen molar-refractivity contribution in [2.24, 2.45) is 7.05 Å². The van der Waals surface area contributed by atoms with Crippen molar-refractivity contribution in [3.05, 3.63) is 71.3 Å². The highest BCUT2D eigenvalue weighted by Gasteiger charge is 2.22. The number of hydrogen-bond acceptors (Lipinski definition) is 4. The average Bonchev–Trinajstić information content (AvgIpc) is 3.26. The summed E-state index contributed by atoms with van der Waals surface area (Å²) in [4.78, 5) is 17.6. The smallest absolute Gasteiger partial charge is 0.254 e. The Kier molecular flexibility index (Phi) is 5.03. The van der Waals surface area contributed by atoms with Crippen LogP contribution in [0.25, 0.3) is 16.7 Å². The molecule has 1 unspecified atom stereocenters. The summed E-state index contributed by atoms with van der Waals surface area (Å²) in [6, 6.07) is 11.3. The molecule has 30 heavy (non-hydrogen) atoms. The van der Waals surface area contributed by atoms with E-state index >= 15 is 0 Å². The lowest BCUT2D eigenvalue weighted by atomic mass is 10.1. The minimum absolute atomic E-state index is 0.121. The minimum atomic E-state index is -0.213. The Labute approximate surface area is 175 Å². The Balaban J connectivity index is 1.65. The highest BCUT2D eigenvalue weighted by atomic mass is 16.5. The number of aryl methyl sites for hydroxylation is 1. The predicted octanol–water partition coefficient (Wildman–Crippen LogP) is 3.88. The number of rotatable bonds is 5. The molecule has 3 aromatic heterocycles. The first-order valence-electron chi connectivity index (χ1n) is 9.82. The number of carbonyl (C=O) groups excluding carboxylic acids is 1. The van der Waals surface area contributed by atoms with E-state index in [9.17, 15) is 4.79 Å². The van der Waals surface area contributed by atoms with Crippen molar-refractivity contribution < 1.29 is 9.53 Å². The fourth-order valence-corrected chi connectivity index (χ4v) is 3.87. The van der Waals surface area contributed by atoms with Crippen LogP contribution in [0.1, 0.15) is 40.3 Å². The molecular weight excluding hydrogens is 378 g/mol.